The van der Waals surface area contributed by atoms with Crippen molar-refractivity contribution < 1.29 is 4.79 Å². The lowest BCUT2D eigenvalue weighted by atomic mass is 10.1. The van der Waals surface area contributed by atoms with Crippen molar-refractivity contribution in [3.8, 4) is 0 Å². The van der Waals surface area contributed by atoms with Crippen LogP contribution in [0.1, 0.15) is 26.7 Å². The molecule has 1 aliphatic heterocycles. The number of hydrogen-bond donors (Lipinski definition) is 2. The summed E-state index contributed by atoms with van der Waals surface area (Å²) < 4.78 is 0. The highest BCUT2D eigenvalue weighted by atomic mass is 16.1. The van der Waals surface area contributed by atoms with Crippen molar-refractivity contribution in [1.82, 2.24) is 5.32 Å². The zero-order valence-corrected chi connectivity index (χ0v) is 12.5. The lowest BCUT2D eigenvalue weighted by Crippen LogP contribution is -2.30. The van der Waals surface area contributed by atoms with Crippen LogP contribution in [-0.2, 0) is 4.79 Å². The van der Waals surface area contributed by atoms with Crippen LogP contribution in [-0.4, -0.2) is 32.1 Å². The van der Waals surface area contributed by atoms with Crippen LogP contribution in [0.4, 0.5) is 11.4 Å². The Kier molecular flexibility index (Phi) is 5.41. The number of rotatable bonds is 6. The van der Waals surface area contributed by atoms with Gasteiger partial charge in [-0.05, 0) is 37.6 Å². The molecule has 110 valence electrons. The largest absolute Gasteiger partial charge is 0.371 e. The van der Waals surface area contributed by atoms with Gasteiger partial charge < -0.3 is 15.5 Å². The van der Waals surface area contributed by atoms with Crippen LogP contribution >= 0.6 is 0 Å². The lowest BCUT2D eigenvalue weighted by molar-refractivity contribution is -0.119. The minimum atomic E-state index is -0.0228. The summed E-state index contributed by atoms with van der Waals surface area (Å²) in [5.74, 6) is 0.0508. The van der Waals surface area contributed by atoms with Gasteiger partial charge >= 0.3 is 0 Å². The number of amides is 1. The molecule has 4 nitrogen and oxygen atoms in total. The van der Waals surface area contributed by atoms with Gasteiger partial charge in [-0.1, -0.05) is 19.9 Å². The van der Waals surface area contributed by atoms with Crippen molar-refractivity contribution in [1.29, 1.82) is 0 Å². The van der Waals surface area contributed by atoms with E-state index in [1.54, 1.807) is 0 Å². The Morgan fingerprint density at radius 3 is 2.80 bits per heavy atom. The number of nitrogens with zero attached hydrogens (tertiary/aromatic N) is 1. The van der Waals surface area contributed by atoms with Gasteiger partial charge in [-0.25, -0.2) is 0 Å². The highest BCUT2D eigenvalue weighted by molar-refractivity contribution is 5.92. The van der Waals surface area contributed by atoms with E-state index in [9.17, 15) is 4.79 Å². The fourth-order valence-electron chi connectivity index (χ4n) is 2.47. The van der Waals surface area contributed by atoms with E-state index in [1.165, 1.54) is 18.5 Å². The first-order chi connectivity index (χ1) is 9.70. The van der Waals surface area contributed by atoms with Crippen LogP contribution in [0.15, 0.2) is 24.3 Å². The summed E-state index contributed by atoms with van der Waals surface area (Å²) in [5.41, 5.74) is 2.10. The molecular formula is C16H25N3O. The van der Waals surface area contributed by atoms with Gasteiger partial charge in [0.25, 0.3) is 0 Å². The highest BCUT2D eigenvalue weighted by Crippen LogP contribution is 2.23. The van der Waals surface area contributed by atoms with Crippen LogP contribution in [0.3, 0.4) is 0 Å². The van der Waals surface area contributed by atoms with Crippen molar-refractivity contribution in [2.24, 2.45) is 5.92 Å². The SMILES string of the molecule is CCNCC(C)C(=O)Nc1cccc(N2CCCC2)c1. The number of benzene rings is 1. The molecule has 1 amide bonds. The molecule has 0 aliphatic carbocycles. The maximum Gasteiger partial charge on any atom is 0.228 e. The molecular weight excluding hydrogens is 250 g/mol. The molecule has 0 spiro atoms. The third kappa shape index (κ3) is 3.97. The summed E-state index contributed by atoms with van der Waals surface area (Å²) in [7, 11) is 0. The van der Waals surface area contributed by atoms with Crippen molar-refractivity contribution >= 4 is 17.3 Å². The molecule has 0 radical (unpaired) electrons. The van der Waals surface area contributed by atoms with Gasteiger partial charge in [-0.15, -0.1) is 0 Å². The van der Waals surface area contributed by atoms with E-state index < -0.39 is 0 Å². The van der Waals surface area contributed by atoms with Crippen molar-refractivity contribution in [2.75, 3.05) is 36.4 Å². The normalized spacial score (nSPS) is 16.2. The maximum absolute atomic E-state index is 12.1. The molecule has 1 saturated heterocycles. The van der Waals surface area contributed by atoms with E-state index in [4.69, 9.17) is 0 Å². The van der Waals surface area contributed by atoms with Crippen molar-refractivity contribution in [3.05, 3.63) is 24.3 Å². The molecule has 1 unspecified atom stereocenters. The number of carbonyl (C=O) groups excluding carboxylic acids is 1. The van der Waals surface area contributed by atoms with Gasteiger partial charge in [0.15, 0.2) is 0 Å². The Balaban J connectivity index is 1.95. The summed E-state index contributed by atoms with van der Waals surface area (Å²) in [6, 6.07) is 8.15. The second kappa shape index (κ2) is 7.29. The van der Waals surface area contributed by atoms with Crippen molar-refractivity contribution in [3.63, 3.8) is 0 Å². The van der Waals surface area contributed by atoms with Gasteiger partial charge in [0.2, 0.25) is 5.91 Å². The van der Waals surface area contributed by atoms with E-state index in [0.29, 0.717) is 6.54 Å². The predicted molar refractivity (Wildman–Crippen MR) is 84.2 cm³/mol. The Bertz CT molecular complexity index is 441. The molecule has 2 N–H and O–H groups in total. The molecule has 1 aromatic carbocycles. The molecule has 1 aliphatic rings. The summed E-state index contributed by atoms with van der Waals surface area (Å²) in [6.45, 7) is 7.84. The van der Waals surface area contributed by atoms with Crippen molar-refractivity contribution in [2.45, 2.75) is 26.7 Å². The fourth-order valence-corrected chi connectivity index (χ4v) is 2.47. The van der Waals surface area contributed by atoms with Crippen LogP contribution in [0.25, 0.3) is 0 Å². The average Bonchev–Trinajstić information content (AvgIpc) is 2.99. The van der Waals surface area contributed by atoms with E-state index in [0.717, 1.165) is 25.3 Å². The molecule has 4 heteroatoms. The van der Waals surface area contributed by atoms with Gasteiger partial charge in [-0.2, -0.15) is 0 Å². The molecule has 1 fully saturated rings. The molecule has 0 bridgehead atoms. The Labute approximate surface area is 121 Å². The van der Waals surface area contributed by atoms with Gasteiger partial charge in [0.05, 0.1) is 0 Å². The van der Waals surface area contributed by atoms with Crippen LogP contribution < -0.4 is 15.5 Å². The first kappa shape index (κ1) is 14.9. The summed E-state index contributed by atoms with van der Waals surface area (Å²) in [4.78, 5) is 14.5. The van der Waals surface area contributed by atoms with Gasteiger partial charge in [0, 0.05) is 36.9 Å². The van der Waals surface area contributed by atoms with Gasteiger partial charge in [0.1, 0.15) is 0 Å². The number of nitrogens with one attached hydrogen (secondary N) is 2. The van der Waals surface area contributed by atoms with E-state index in [1.807, 2.05) is 26.0 Å². The van der Waals surface area contributed by atoms with E-state index in [-0.39, 0.29) is 11.8 Å². The summed E-state index contributed by atoms with van der Waals surface area (Å²) >= 11 is 0. The molecule has 1 atom stereocenters. The minimum Gasteiger partial charge on any atom is -0.371 e. The topological polar surface area (TPSA) is 44.4 Å². The quantitative estimate of drug-likeness (QED) is 0.838. The average molecular weight is 275 g/mol. The van der Waals surface area contributed by atoms with Crippen LogP contribution in [0.2, 0.25) is 0 Å². The first-order valence-electron chi connectivity index (χ1n) is 7.57. The van der Waals surface area contributed by atoms with Crippen LogP contribution in [0, 0.1) is 5.92 Å². The maximum atomic E-state index is 12.1. The number of hydrogen-bond acceptors (Lipinski definition) is 3. The second-order valence-electron chi connectivity index (χ2n) is 5.44. The first-order valence-corrected chi connectivity index (χ1v) is 7.57. The predicted octanol–water partition coefficient (Wildman–Crippen LogP) is 2.47. The van der Waals surface area contributed by atoms with Crippen LogP contribution in [0.5, 0.6) is 0 Å². The second-order valence-corrected chi connectivity index (χ2v) is 5.44. The summed E-state index contributed by atoms with van der Waals surface area (Å²) in [5, 5.41) is 6.21. The van der Waals surface area contributed by atoms with E-state index >= 15 is 0 Å². The van der Waals surface area contributed by atoms with Gasteiger partial charge in [-0.3, -0.25) is 4.79 Å². The highest BCUT2D eigenvalue weighted by Gasteiger charge is 2.15. The molecule has 0 aromatic heterocycles. The fraction of sp³-hybridized carbons (Fsp3) is 0.562. The molecule has 0 saturated carbocycles. The monoisotopic (exact) mass is 275 g/mol. The minimum absolute atomic E-state index is 0.0228. The molecule has 2 rings (SSSR count). The third-order valence-corrected chi connectivity index (χ3v) is 3.73. The lowest BCUT2D eigenvalue weighted by Gasteiger charge is -2.19. The number of anilines is 2. The molecule has 1 aromatic rings. The Morgan fingerprint density at radius 2 is 2.10 bits per heavy atom. The standard InChI is InChI=1S/C16H25N3O/c1-3-17-12-13(2)16(20)18-14-7-6-8-15(11-14)19-9-4-5-10-19/h6-8,11,13,17H,3-5,9-10,12H2,1-2H3,(H,18,20). The zero-order valence-electron chi connectivity index (χ0n) is 12.5. The Morgan fingerprint density at radius 1 is 1.35 bits per heavy atom. The molecule has 1 heterocycles. The third-order valence-electron chi connectivity index (χ3n) is 3.73. The zero-order chi connectivity index (χ0) is 14.4. The molecule has 20 heavy (non-hydrogen) atoms. The number of carbonyl (C=O) groups is 1. The summed E-state index contributed by atoms with van der Waals surface area (Å²) in [6.07, 6.45) is 2.52. The van der Waals surface area contributed by atoms with E-state index in [2.05, 4.69) is 27.7 Å². The smallest absolute Gasteiger partial charge is 0.228 e. The Hall–Kier alpha value is -1.55.